The first kappa shape index (κ1) is 17.0. The van der Waals surface area contributed by atoms with Gasteiger partial charge in [0.1, 0.15) is 11.9 Å². The molecule has 1 saturated heterocycles. The zero-order valence-electron chi connectivity index (χ0n) is 14.6. The number of fused-ring (bicyclic) bond motifs is 1. The van der Waals surface area contributed by atoms with Crippen molar-refractivity contribution >= 4 is 28.5 Å². The number of carbonyl (C=O) groups excluding carboxylic acids is 2. The van der Waals surface area contributed by atoms with E-state index in [2.05, 4.69) is 10.3 Å². The van der Waals surface area contributed by atoms with Gasteiger partial charge in [0.25, 0.3) is 0 Å². The number of pyridine rings is 1. The number of ether oxygens (including phenoxy) is 1. The largest absolute Gasteiger partial charge is 0.442 e. The lowest BCUT2D eigenvalue weighted by Gasteiger charge is -2.14. The summed E-state index contributed by atoms with van der Waals surface area (Å²) in [6.07, 6.45) is 5.99. The lowest BCUT2D eigenvalue weighted by Crippen LogP contribution is -2.33. The normalized spacial score (nSPS) is 16.6. The SMILES string of the molecule is CC(=O)NC[C@H]1CN(c2ccc(-n3cc4ccncc4c3)c(F)c2)C(=O)O1. The van der Waals surface area contributed by atoms with Crippen molar-refractivity contribution in [3.8, 4) is 5.69 Å². The van der Waals surface area contributed by atoms with Crippen LogP contribution in [-0.4, -0.2) is 40.7 Å². The van der Waals surface area contributed by atoms with Crippen LogP contribution in [0, 0.1) is 5.82 Å². The van der Waals surface area contributed by atoms with Gasteiger partial charge in [-0.05, 0) is 24.3 Å². The third kappa shape index (κ3) is 3.33. The number of nitrogens with one attached hydrogen (secondary N) is 1. The van der Waals surface area contributed by atoms with E-state index in [4.69, 9.17) is 4.74 Å². The molecule has 27 heavy (non-hydrogen) atoms. The Morgan fingerprint density at radius 1 is 1.33 bits per heavy atom. The van der Waals surface area contributed by atoms with E-state index in [1.165, 1.54) is 17.9 Å². The molecule has 3 aromatic rings. The zero-order chi connectivity index (χ0) is 19.0. The van der Waals surface area contributed by atoms with Crippen molar-refractivity contribution in [3.05, 3.63) is 54.9 Å². The third-order valence-corrected chi connectivity index (χ3v) is 4.42. The standard InChI is InChI=1S/C19H17FN4O3/c1-12(25)22-8-16-11-24(19(26)27-16)15-2-3-18(17(20)6-15)23-9-13-4-5-21-7-14(13)10-23/h2-7,9-10,16H,8,11H2,1H3,(H,22,25)/t16-/m0/s1. The quantitative estimate of drug-likeness (QED) is 0.768. The van der Waals surface area contributed by atoms with Gasteiger partial charge in [-0.2, -0.15) is 0 Å². The molecule has 1 aromatic carbocycles. The van der Waals surface area contributed by atoms with Crippen molar-refractivity contribution < 1.29 is 18.7 Å². The van der Waals surface area contributed by atoms with E-state index in [9.17, 15) is 14.0 Å². The number of amides is 2. The van der Waals surface area contributed by atoms with E-state index in [1.807, 2.05) is 12.3 Å². The van der Waals surface area contributed by atoms with Crippen LogP contribution in [0.4, 0.5) is 14.9 Å². The van der Waals surface area contributed by atoms with Crippen LogP contribution < -0.4 is 10.2 Å². The second-order valence-corrected chi connectivity index (χ2v) is 6.36. The fraction of sp³-hybridized carbons (Fsp3) is 0.211. The van der Waals surface area contributed by atoms with Crippen LogP contribution in [0.3, 0.4) is 0 Å². The Balaban J connectivity index is 1.56. The van der Waals surface area contributed by atoms with Crippen LogP contribution in [0.25, 0.3) is 16.5 Å². The topological polar surface area (TPSA) is 76.5 Å². The molecular weight excluding hydrogens is 351 g/mol. The van der Waals surface area contributed by atoms with E-state index >= 15 is 0 Å². The van der Waals surface area contributed by atoms with Gasteiger partial charge in [-0.15, -0.1) is 0 Å². The van der Waals surface area contributed by atoms with Crippen LogP contribution in [0.2, 0.25) is 0 Å². The van der Waals surface area contributed by atoms with E-state index < -0.39 is 18.0 Å². The number of benzene rings is 1. The minimum absolute atomic E-state index is 0.200. The van der Waals surface area contributed by atoms with Crippen LogP contribution in [0.1, 0.15) is 6.92 Å². The fourth-order valence-electron chi connectivity index (χ4n) is 3.09. The summed E-state index contributed by atoms with van der Waals surface area (Å²) >= 11 is 0. The number of hydrogen-bond acceptors (Lipinski definition) is 4. The molecule has 3 heterocycles. The van der Waals surface area contributed by atoms with Crippen molar-refractivity contribution in [1.29, 1.82) is 0 Å². The molecule has 1 aliphatic heterocycles. The Labute approximate surface area is 154 Å². The second kappa shape index (κ2) is 6.71. The minimum atomic E-state index is -0.560. The van der Waals surface area contributed by atoms with Gasteiger partial charge >= 0.3 is 6.09 Å². The van der Waals surface area contributed by atoms with Gasteiger partial charge in [0.2, 0.25) is 5.91 Å². The highest BCUT2D eigenvalue weighted by Crippen LogP contribution is 2.26. The van der Waals surface area contributed by atoms with Gasteiger partial charge in [0.05, 0.1) is 24.5 Å². The van der Waals surface area contributed by atoms with Gasteiger partial charge in [-0.25, -0.2) is 9.18 Å². The molecule has 1 N–H and O–H groups in total. The molecule has 0 unspecified atom stereocenters. The third-order valence-electron chi connectivity index (χ3n) is 4.42. The second-order valence-electron chi connectivity index (χ2n) is 6.36. The first-order valence-corrected chi connectivity index (χ1v) is 8.45. The Bertz CT molecular complexity index is 1000. The van der Waals surface area contributed by atoms with Crippen molar-refractivity contribution in [1.82, 2.24) is 14.9 Å². The van der Waals surface area contributed by atoms with Gasteiger partial charge in [-0.3, -0.25) is 14.7 Å². The van der Waals surface area contributed by atoms with Crippen LogP contribution in [0.15, 0.2) is 49.1 Å². The summed E-state index contributed by atoms with van der Waals surface area (Å²) in [4.78, 5) is 28.5. The van der Waals surface area contributed by atoms with Gasteiger partial charge < -0.3 is 14.6 Å². The van der Waals surface area contributed by atoms with Gasteiger partial charge in [-0.1, -0.05) is 0 Å². The first-order chi connectivity index (χ1) is 13.0. The summed E-state index contributed by atoms with van der Waals surface area (Å²) in [6.45, 7) is 1.86. The molecule has 2 aromatic heterocycles. The summed E-state index contributed by atoms with van der Waals surface area (Å²) in [5.41, 5.74) is 0.780. The maximum Gasteiger partial charge on any atom is 0.414 e. The maximum absolute atomic E-state index is 14.7. The van der Waals surface area contributed by atoms with Crippen LogP contribution in [-0.2, 0) is 9.53 Å². The van der Waals surface area contributed by atoms with Crippen molar-refractivity contribution in [2.24, 2.45) is 0 Å². The Kier molecular flexibility index (Phi) is 4.23. The Morgan fingerprint density at radius 2 is 2.15 bits per heavy atom. The summed E-state index contributed by atoms with van der Waals surface area (Å²) in [6, 6.07) is 6.45. The monoisotopic (exact) mass is 368 g/mol. The molecule has 0 bridgehead atoms. The molecule has 0 saturated carbocycles. The number of halogens is 1. The number of rotatable bonds is 4. The molecule has 7 nitrogen and oxygen atoms in total. The Hall–Kier alpha value is -3.42. The lowest BCUT2D eigenvalue weighted by atomic mass is 10.2. The number of anilines is 1. The summed E-state index contributed by atoms with van der Waals surface area (Å²) in [5.74, 6) is -0.659. The van der Waals surface area contributed by atoms with Crippen LogP contribution >= 0.6 is 0 Å². The predicted octanol–water partition coefficient (Wildman–Crippen LogP) is 2.63. The molecule has 4 rings (SSSR count). The van der Waals surface area contributed by atoms with Gasteiger partial charge in [0.15, 0.2) is 0 Å². The summed E-state index contributed by atoms with van der Waals surface area (Å²) in [5, 5.41) is 4.47. The average Bonchev–Trinajstić information content (AvgIpc) is 3.23. The van der Waals surface area contributed by atoms with Crippen molar-refractivity contribution in [2.75, 3.05) is 18.0 Å². The molecule has 0 radical (unpaired) electrons. The summed E-state index contributed by atoms with van der Waals surface area (Å²) in [7, 11) is 0. The molecule has 138 valence electrons. The van der Waals surface area contributed by atoms with Gasteiger partial charge in [0, 0.05) is 42.5 Å². The van der Waals surface area contributed by atoms with E-state index in [0.29, 0.717) is 11.4 Å². The molecule has 8 heteroatoms. The van der Waals surface area contributed by atoms with E-state index in [0.717, 1.165) is 10.8 Å². The predicted molar refractivity (Wildman–Crippen MR) is 97.3 cm³/mol. The molecule has 2 amide bonds. The molecule has 0 spiro atoms. The molecule has 0 aliphatic carbocycles. The number of aromatic nitrogens is 2. The number of hydrogen-bond donors (Lipinski definition) is 1. The maximum atomic E-state index is 14.7. The highest BCUT2D eigenvalue weighted by molar-refractivity contribution is 5.90. The molecule has 1 atom stereocenters. The van der Waals surface area contributed by atoms with Crippen molar-refractivity contribution in [2.45, 2.75) is 13.0 Å². The highest BCUT2D eigenvalue weighted by atomic mass is 19.1. The lowest BCUT2D eigenvalue weighted by molar-refractivity contribution is -0.119. The fourth-order valence-corrected chi connectivity index (χ4v) is 3.09. The zero-order valence-corrected chi connectivity index (χ0v) is 14.6. The Morgan fingerprint density at radius 3 is 2.89 bits per heavy atom. The molecular formula is C19H17FN4O3. The molecule has 1 fully saturated rings. The van der Waals surface area contributed by atoms with E-state index in [1.54, 1.807) is 35.3 Å². The van der Waals surface area contributed by atoms with Crippen LogP contribution in [0.5, 0.6) is 0 Å². The number of cyclic esters (lactones) is 1. The van der Waals surface area contributed by atoms with E-state index in [-0.39, 0.29) is 19.0 Å². The number of carbonyl (C=O) groups is 2. The smallest absolute Gasteiger partial charge is 0.414 e. The highest BCUT2D eigenvalue weighted by Gasteiger charge is 2.32. The minimum Gasteiger partial charge on any atom is -0.442 e. The molecule has 1 aliphatic rings. The first-order valence-electron chi connectivity index (χ1n) is 8.45. The van der Waals surface area contributed by atoms with Crippen molar-refractivity contribution in [3.63, 3.8) is 0 Å². The summed E-state index contributed by atoms with van der Waals surface area (Å²) < 4.78 is 21.6. The number of nitrogens with zero attached hydrogens (tertiary/aromatic N) is 3. The average molecular weight is 368 g/mol.